The zero-order valence-corrected chi connectivity index (χ0v) is 16.2. The fraction of sp³-hybridized carbons (Fsp3) is 0.286. The van der Waals surface area contributed by atoms with Gasteiger partial charge in [-0.05, 0) is 57.1 Å². The molecule has 5 nitrogen and oxygen atoms in total. The van der Waals surface area contributed by atoms with Crippen LogP contribution in [0.5, 0.6) is 0 Å². The van der Waals surface area contributed by atoms with Gasteiger partial charge in [-0.2, -0.15) is 0 Å². The number of sulfonamides is 1. The first-order valence-electron chi connectivity index (χ1n) is 9.22. The van der Waals surface area contributed by atoms with E-state index >= 15 is 0 Å². The van der Waals surface area contributed by atoms with Crippen molar-refractivity contribution in [3.05, 3.63) is 65.9 Å². The Morgan fingerprint density at radius 1 is 1.00 bits per heavy atom. The molecule has 4 rings (SSSR count). The monoisotopic (exact) mass is 381 g/mol. The lowest BCUT2D eigenvalue weighted by Crippen LogP contribution is -2.19. The van der Waals surface area contributed by atoms with Gasteiger partial charge in [-0.25, -0.2) is 13.4 Å². The highest BCUT2D eigenvalue weighted by molar-refractivity contribution is 7.92. The van der Waals surface area contributed by atoms with Gasteiger partial charge in [0.2, 0.25) is 0 Å². The maximum atomic E-state index is 12.8. The SMILES string of the molecule is Cc1ccc(S(=O)(=O)Nc2cccc3ccc(CN4CCCC4)nc23)cc1. The van der Waals surface area contributed by atoms with E-state index in [1.54, 1.807) is 30.3 Å². The Hall–Kier alpha value is -2.44. The predicted octanol–water partition coefficient (Wildman–Crippen LogP) is 3.94. The van der Waals surface area contributed by atoms with Gasteiger partial charge >= 0.3 is 0 Å². The quantitative estimate of drug-likeness (QED) is 0.727. The molecule has 2 aromatic carbocycles. The van der Waals surface area contributed by atoms with E-state index in [2.05, 4.69) is 9.62 Å². The number of para-hydroxylation sites is 1. The summed E-state index contributed by atoms with van der Waals surface area (Å²) >= 11 is 0. The van der Waals surface area contributed by atoms with Gasteiger partial charge in [0.05, 0.1) is 21.8 Å². The van der Waals surface area contributed by atoms with E-state index in [0.717, 1.165) is 36.3 Å². The maximum Gasteiger partial charge on any atom is 0.261 e. The third kappa shape index (κ3) is 3.96. The van der Waals surface area contributed by atoms with Crippen LogP contribution in [0.3, 0.4) is 0 Å². The fourth-order valence-electron chi connectivity index (χ4n) is 3.45. The smallest absolute Gasteiger partial charge is 0.261 e. The van der Waals surface area contributed by atoms with Gasteiger partial charge in [0, 0.05) is 11.9 Å². The Balaban J connectivity index is 1.67. The maximum absolute atomic E-state index is 12.8. The van der Waals surface area contributed by atoms with Crippen LogP contribution in [0.2, 0.25) is 0 Å². The van der Waals surface area contributed by atoms with Crippen LogP contribution in [-0.4, -0.2) is 31.4 Å². The summed E-state index contributed by atoms with van der Waals surface area (Å²) in [4.78, 5) is 7.39. The largest absolute Gasteiger partial charge is 0.298 e. The first-order chi connectivity index (χ1) is 13.0. The summed E-state index contributed by atoms with van der Waals surface area (Å²) in [6.45, 7) is 4.93. The second kappa shape index (κ2) is 7.29. The van der Waals surface area contributed by atoms with E-state index in [0.29, 0.717) is 11.2 Å². The number of likely N-dealkylation sites (tertiary alicyclic amines) is 1. The molecule has 0 amide bonds. The van der Waals surface area contributed by atoms with Crippen molar-refractivity contribution in [2.45, 2.75) is 31.2 Å². The third-order valence-corrected chi connectivity index (χ3v) is 6.32. The number of hydrogen-bond donors (Lipinski definition) is 1. The van der Waals surface area contributed by atoms with Crippen LogP contribution in [0.1, 0.15) is 24.1 Å². The lowest BCUT2D eigenvalue weighted by molar-refractivity contribution is 0.327. The van der Waals surface area contributed by atoms with Gasteiger partial charge in [-0.15, -0.1) is 0 Å². The molecular weight excluding hydrogens is 358 g/mol. The first kappa shape index (κ1) is 17.9. The van der Waals surface area contributed by atoms with Gasteiger partial charge in [-0.3, -0.25) is 9.62 Å². The topological polar surface area (TPSA) is 62.3 Å². The van der Waals surface area contributed by atoms with Crippen LogP contribution >= 0.6 is 0 Å². The predicted molar refractivity (Wildman–Crippen MR) is 108 cm³/mol. The number of pyridine rings is 1. The molecule has 1 N–H and O–H groups in total. The Bertz CT molecular complexity index is 1060. The lowest BCUT2D eigenvalue weighted by Gasteiger charge is -2.15. The number of nitrogens with zero attached hydrogens (tertiary/aromatic N) is 2. The molecular formula is C21H23N3O2S. The normalized spacial score (nSPS) is 15.3. The zero-order valence-electron chi connectivity index (χ0n) is 15.4. The molecule has 1 aromatic heterocycles. The summed E-state index contributed by atoms with van der Waals surface area (Å²) in [6.07, 6.45) is 2.46. The van der Waals surface area contributed by atoms with E-state index in [-0.39, 0.29) is 4.90 Å². The molecule has 0 unspecified atom stereocenters. The second-order valence-corrected chi connectivity index (χ2v) is 8.76. The van der Waals surface area contributed by atoms with Crippen molar-refractivity contribution in [1.29, 1.82) is 0 Å². The minimum atomic E-state index is -3.66. The van der Waals surface area contributed by atoms with Crippen LogP contribution in [0.4, 0.5) is 5.69 Å². The summed E-state index contributed by atoms with van der Waals surface area (Å²) in [5, 5.41) is 0.921. The van der Waals surface area contributed by atoms with Crippen molar-refractivity contribution in [1.82, 2.24) is 9.88 Å². The van der Waals surface area contributed by atoms with E-state index in [9.17, 15) is 8.42 Å². The number of fused-ring (bicyclic) bond motifs is 1. The van der Waals surface area contributed by atoms with Crippen LogP contribution in [0.15, 0.2) is 59.5 Å². The highest BCUT2D eigenvalue weighted by Gasteiger charge is 2.17. The molecule has 0 atom stereocenters. The summed E-state index contributed by atoms with van der Waals surface area (Å²) in [5.74, 6) is 0. The lowest BCUT2D eigenvalue weighted by atomic mass is 10.1. The number of nitrogens with one attached hydrogen (secondary N) is 1. The average Bonchev–Trinajstić information content (AvgIpc) is 3.15. The number of rotatable bonds is 5. The number of aromatic nitrogens is 1. The molecule has 1 aliphatic heterocycles. The molecule has 1 fully saturated rings. The molecule has 6 heteroatoms. The third-order valence-electron chi connectivity index (χ3n) is 4.94. The molecule has 2 heterocycles. The summed E-state index contributed by atoms with van der Waals surface area (Å²) in [6, 6.07) is 16.4. The molecule has 1 aliphatic rings. The van der Waals surface area contributed by atoms with Crippen LogP contribution in [0.25, 0.3) is 10.9 Å². The van der Waals surface area contributed by atoms with Crippen LogP contribution in [0, 0.1) is 6.92 Å². The molecule has 0 bridgehead atoms. The Morgan fingerprint density at radius 2 is 1.74 bits per heavy atom. The summed E-state index contributed by atoms with van der Waals surface area (Å²) in [5.41, 5.74) is 3.18. The first-order valence-corrected chi connectivity index (χ1v) is 10.7. The van der Waals surface area contributed by atoms with Crippen LogP contribution in [-0.2, 0) is 16.6 Å². The van der Waals surface area contributed by atoms with Crippen LogP contribution < -0.4 is 4.72 Å². The number of hydrogen-bond acceptors (Lipinski definition) is 4. The zero-order chi connectivity index (χ0) is 18.9. The molecule has 3 aromatic rings. The van der Waals surface area contributed by atoms with Crippen molar-refractivity contribution < 1.29 is 8.42 Å². The Labute approximate surface area is 160 Å². The molecule has 140 valence electrons. The molecule has 0 aliphatic carbocycles. The Morgan fingerprint density at radius 3 is 2.48 bits per heavy atom. The number of aryl methyl sites for hydroxylation is 1. The average molecular weight is 382 g/mol. The molecule has 0 spiro atoms. The van der Waals surface area contributed by atoms with E-state index in [4.69, 9.17) is 4.98 Å². The van der Waals surface area contributed by atoms with Crippen molar-refractivity contribution in [2.75, 3.05) is 17.8 Å². The van der Waals surface area contributed by atoms with Gasteiger partial charge in [-0.1, -0.05) is 35.9 Å². The van der Waals surface area contributed by atoms with Crippen molar-refractivity contribution >= 4 is 26.6 Å². The van der Waals surface area contributed by atoms with Gasteiger partial charge < -0.3 is 0 Å². The van der Waals surface area contributed by atoms with Gasteiger partial charge in [0.1, 0.15) is 0 Å². The van der Waals surface area contributed by atoms with Gasteiger partial charge in [0.15, 0.2) is 0 Å². The molecule has 0 saturated carbocycles. The van der Waals surface area contributed by atoms with E-state index in [1.807, 2.05) is 31.2 Å². The summed E-state index contributed by atoms with van der Waals surface area (Å²) < 4.78 is 28.3. The van der Waals surface area contributed by atoms with Crippen molar-refractivity contribution in [3.63, 3.8) is 0 Å². The molecule has 1 saturated heterocycles. The van der Waals surface area contributed by atoms with E-state index in [1.165, 1.54) is 12.8 Å². The fourth-order valence-corrected chi connectivity index (χ4v) is 4.52. The number of benzene rings is 2. The van der Waals surface area contributed by atoms with Gasteiger partial charge in [0.25, 0.3) is 10.0 Å². The molecule has 27 heavy (non-hydrogen) atoms. The highest BCUT2D eigenvalue weighted by atomic mass is 32.2. The summed E-state index contributed by atoms with van der Waals surface area (Å²) in [7, 11) is -3.66. The Kier molecular flexibility index (Phi) is 4.85. The number of anilines is 1. The minimum Gasteiger partial charge on any atom is -0.298 e. The minimum absolute atomic E-state index is 0.248. The van der Waals surface area contributed by atoms with Crippen molar-refractivity contribution in [2.24, 2.45) is 0 Å². The standard InChI is InChI=1S/C21H23N3O2S/c1-16-7-11-19(12-8-16)27(25,26)23-20-6-4-5-17-9-10-18(22-21(17)20)15-24-13-2-3-14-24/h4-12,23H,2-3,13-15H2,1H3. The van der Waals surface area contributed by atoms with E-state index < -0.39 is 10.0 Å². The van der Waals surface area contributed by atoms with Crippen molar-refractivity contribution in [3.8, 4) is 0 Å². The highest BCUT2D eigenvalue weighted by Crippen LogP contribution is 2.25. The second-order valence-electron chi connectivity index (χ2n) is 7.08. The molecule has 0 radical (unpaired) electrons.